The predicted molar refractivity (Wildman–Crippen MR) is 143 cm³/mol. The largest absolute Gasteiger partial charge is 0.488 e. The molecule has 0 radical (unpaired) electrons. The molecule has 0 bridgehead atoms. The fraction of sp³-hybridized carbons (Fsp3) is 0.259. The van der Waals surface area contributed by atoms with Crippen molar-refractivity contribution in [3.8, 4) is 5.75 Å². The van der Waals surface area contributed by atoms with Crippen molar-refractivity contribution in [3.05, 3.63) is 87.9 Å². The minimum absolute atomic E-state index is 0.102. The van der Waals surface area contributed by atoms with E-state index in [-0.39, 0.29) is 34.6 Å². The van der Waals surface area contributed by atoms with Crippen LogP contribution in [0.3, 0.4) is 0 Å². The van der Waals surface area contributed by atoms with E-state index in [1.807, 2.05) is 31.2 Å². The summed E-state index contributed by atoms with van der Waals surface area (Å²) in [6.45, 7) is 3.10. The molecular weight excluding hydrogens is 560 g/mol. The highest BCUT2D eigenvalue weighted by Crippen LogP contribution is 2.24. The summed E-state index contributed by atoms with van der Waals surface area (Å²) in [4.78, 5) is 25.2. The lowest BCUT2D eigenvalue weighted by molar-refractivity contribution is -0.123. The van der Waals surface area contributed by atoms with Gasteiger partial charge < -0.3 is 14.8 Å². The van der Waals surface area contributed by atoms with Crippen molar-refractivity contribution in [2.24, 2.45) is 5.92 Å². The summed E-state index contributed by atoms with van der Waals surface area (Å²) >= 11 is 3.39. The van der Waals surface area contributed by atoms with Gasteiger partial charge in [0.1, 0.15) is 12.4 Å². The van der Waals surface area contributed by atoms with Crippen LogP contribution in [0.1, 0.15) is 34.3 Å². The van der Waals surface area contributed by atoms with Crippen LogP contribution in [-0.4, -0.2) is 33.4 Å². The van der Waals surface area contributed by atoms with Crippen molar-refractivity contribution in [3.63, 3.8) is 0 Å². The van der Waals surface area contributed by atoms with Crippen LogP contribution in [0.2, 0.25) is 0 Å². The molecule has 8 nitrogen and oxygen atoms in total. The topological polar surface area (TPSA) is 111 Å². The molecule has 37 heavy (non-hydrogen) atoms. The van der Waals surface area contributed by atoms with E-state index in [0.717, 1.165) is 28.4 Å². The SMILES string of the molecule is Cc1ccc(C(=O)NS(=O)(=O)c2ccc(NC(=O)[C@@H]3CCCOC3)cc2)c(OCc2ccc(Br)cc2)c1. The Morgan fingerprint density at radius 1 is 1.05 bits per heavy atom. The summed E-state index contributed by atoms with van der Waals surface area (Å²) < 4.78 is 40.1. The van der Waals surface area contributed by atoms with Crippen molar-refractivity contribution >= 4 is 43.5 Å². The zero-order valence-electron chi connectivity index (χ0n) is 20.2. The van der Waals surface area contributed by atoms with E-state index < -0.39 is 15.9 Å². The minimum atomic E-state index is -4.17. The maximum Gasteiger partial charge on any atom is 0.268 e. The van der Waals surface area contributed by atoms with Crippen LogP contribution in [0.25, 0.3) is 0 Å². The molecule has 1 saturated heterocycles. The van der Waals surface area contributed by atoms with Crippen molar-refractivity contribution in [1.82, 2.24) is 4.72 Å². The molecule has 4 rings (SSSR count). The van der Waals surface area contributed by atoms with E-state index in [1.165, 1.54) is 30.3 Å². The van der Waals surface area contributed by atoms with Crippen LogP contribution in [0, 0.1) is 12.8 Å². The molecule has 0 spiro atoms. The van der Waals surface area contributed by atoms with Crippen LogP contribution in [0.4, 0.5) is 5.69 Å². The highest BCUT2D eigenvalue weighted by atomic mass is 79.9. The van der Waals surface area contributed by atoms with E-state index in [1.54, 1.807) is 12.1 Å². The number of carbonyl (C=O) groups is 2. The van der Waals surface area contributed by atoms with Gasteiger partial charge in [0.2, 0.25) is 5.91 Å². The van der Waals surface area contributed by atoms with Crippen molar-refractivity contribution in [2.45, 2.75) is 31.3 Å². The Bertz CT molecular complexity index is 1370. The van der Waals surface area contributed by atoms with Gasteiger partial charge in [-0.05, 0) is 79.4 Å². The summed E-state index contributed by atoms with van der Waals surface area (Å²) in [6.07, 6.45) is 1.57. The fourth-order valence-electron chi connectivity index (χ4n) is 3.82. The number of ether oxygens (including phenoxy) is 2. The van der Waals surface area contributed by atoms with Gasteiger partial charge in [-0.2, -0.15) is 0 Å². The monoisotopic (exact) mass is 586 g/mol. The number of sulfonamides is 1. The molecule has 1 aliphatic rings. The van der Waals surface area contributed by atoms with Gasteiger partial charge in [-0.1, -0.05) is 34.1 Å². The van der Waals surface area contributed by atoms with Gasteiger partial charge in [-0.15, -0.1) is 0 Å². The lowest BCUT2D eigenvalue weighted by atomic mass is 10.0. The number of nitrogens with one attached hydrogen (secondary N) is 2. The Morgan fingerprint density at radius 2 is 1.78 bits per heavy atom. The Morgan fingerprint density at radius 3 is 2.46 bits per heavy atom. The normalized spacial score (nSPS) is 15.6. The van der Waals surface area contributed by atoms with Crippen LogP contribution in [0.15, 0.2) is 76.1 Å². The molecular formula is C27H27BrN2O6S. The molecule has 10 heteroatoms. The molecule has 1 aliphatic heterocycles. The number of anilines is 1. The highest BCUT2D eigenvalue weighted by molar-refractivity contribution is 9.10. The van der Waals surface area contributed by atoms with Crippen molar-refractivity contribution in [2.75, 3.05) is 18.5 Å². The molecule has 1 atom stereocenters. The third kappa shape index (κ3) is 7.18. The first kappa shape index (κ1) is 26.8. The van der Waals surface area contributed by atoms with Crippen molar-refractivity contribution < 1.29 is 27.5 Å². The zero-order chi connectivity index (χ0) is 26.4. The lowest BCUT2D eigenvalue weighted by Gasteiger charge is -2.21. The van der Waals surface area contributed by atoms with E-state index in [2.05, 4.69) is 26.0 Å². The van der Waals surface area contributed by atoms with Gasteiger partial charge in [-0.25, -0.2) is 13.1 Å². The zero-order valence-corrected chi connectivity index (χ0v) is 22.6. The first-order valence-electron chi connectivity index (χ1n) is 11.7. The van der Waals surface area contributed by atoms with Gasteiger partial charge in [0.15, 0.2) is 0 Å². The van der Waals surface area contributed by atoms with Crippen LogP contribution in [0.5, 0.6) is 5.75 Å². The van der Waals surface area contributed by atoms with Crippen molar-refractivity contribution in [1.29, 1.82) is 0 Å². The van der Waals surface area contributed by atoms with Crippen LogP contribution >= 0.6 is 15.9 Å². The highest BCUT2D eigenvalue weighted by Gasteiger charge is 2.23. The average molecular weight is 587 g/mol. The Labute approximate surface area is 224 Å². The molecule has 2 amide bonds. The second-order valence-corrected chi connectivity index (χ2v) is 11.4. The molecule has 194 valence electrons. The quantitative estimate of drug-likeness (QED) is 0.391. The van der Waals surface area contributed by atoms with Gasteiger partial charge in [-0.3, -0.25) is 9.59 Å². The number of aryl methyl sites for hydroxylation is 1. The maximum atomic E-state index is 13.0. The maximum absolute atomic E-state index is 13.0. The van der Waals surface area contributed by atoms with Gasteiger partial charge >= 0.3 is 0 Å². The fourth-order valence-corrected chi connectivity index (χ4v) is 5.05. The number of amides is 2. The number of benzene rings is 3. The second-order valence-electron chi connectivity index (χ2n) is 8.78. The molecule has 0 aromatic heterocycles. The number of halogens is 1. The predicted octanol–water partition coefficient (Wildman–Crippen LogP) is 4.82. The summed E-state index contributed by atoms with van der Waals surface area (Å²) in [5, 5.41) is 2.78. The van der Waals surface area contributed by atoms with Crippen LogP contribution < -0.4 is 14.8 Å². The van der Waals surface area contributed by atoms with Gasteiger partial charge in [0.25, 0.3) is 15.9 Å². The van der Waals surface area contributed by atoms with E-state index >= 15 is 0 Å². The molecule has 2 N–H and O–H groups in total. The number of hydrogen-bond acceptors (Lipinski definition) is 6. The summed E-state index contributed by atoms with van der Waals surface area (Å²) in [5.74, 6) is -0.925. The van der Waals surface area contributed by atoms with Crippen LogP contribution in [-0.2, 0) is 26.2 Å². The standard InChI is InChI=1S/C27H27BrN2O6S/c1-18-4-13-24(25(15-18)36-16-19-5-7-21(28)8-6-19)27(32)30-37(33,34)23-11-9-22(10-12-23)29-26(31)20-3-2-14-35-17-20/h4-13,15,20H,2-3,14,16-17H2,1H3,(H,29,31)(H,30,32)/t20-/m1/s1. The lowest BCUT2D eigenvalue weighted by Crippen LogP contribution is -2.31. The number of carbonyl (C=O) groups excluding carboxylic acids is 2. The minimum Gasteiger partial charge on any atom is -0.488 e. The van der Waals surface area contributed by atoms with E-state index in [9.17, 15) is 18.0 Å². The second kappa shape index (κ2) is 11.9. The molecule has 1 fully saturated rings. The van der Waals surface area contributed by atoms with Gasteiger partial charge in [0, 0.05) is 16.8 Å². The molecule has 3 aromatic rings. The number of hydrogen-bond donors (Lipinski definition) is 2. The Kier molecular flexibility index (Phi) is 8.63. The Hall–Kier alpha value is -3.21. The summed E-state index contributed by atoms with van der Waals surface area (Å²) in [7, 11) is -4.17. The molecule has 0 aliphatic carbocycles. The van der Waals surface area contributed by atoms with E-state index in [4.69, 9.17) is 9.47 Å². The first-order chi connectivity index (χ1) is 17.7. The third-order valence-electron chi connectivity index (χ3n) is 5.88. The van der Waals surface area contributed by atoms with E-state index in [0.29, 0.717) is 18.9 Å². The summed E-state index contributed by atoms with van der Waals surface area (Å²) in [5.41, 5.74) is 2.32. The molecule has 0 unspecified atom stereocenters. The molecule has 1 heterocycles. The average Bonchev–Trinajstić information content (AvgIpc) is 2.89. The molecule has 3 aromatic carbocycles. The molecule has 0 saturated carbocycles. The third-order valence-corrected chi connectivity index (χ3v) is 7.76. The number of rotatable bonds is 8. The van der Waals surface area contributed by atoms with Gasteiger partial charge in [0.05, 0.1) is 23.0 Å². The smallest absolute Gasteiger partial charge is 0.268 e. The summed E-state index contributed by atoms with van der Waals surface area (Å²) in [6, 6.07) is 18.1. The Balaban J connectivity index is 1.43. The first-order valence-corrected chi connectivity index (χ1v) is 14.0.